The van der Waals surface area contributed by atoms with Crippen molar-refractivity contribution in [3.05, 3.63) is 48.3 Å². The molecule has 1 aliphatic rings. The first kappa shape index (κ1) is 14.2. The maximum absolute atomic E-state index is 13.1. The van der Waals surface area contributed by atoms with E-state index in [0.717, 1.165) is 19.5 Å². The summed E-state index contributed by atoms with van der Waals surface area (Å²) in [4.78, 5) is 3.94. The molecular formula is C16H21FN4. The zero-order chi connectivity index (χ0) is 14.5. The minimum Gasteiger partial charge on any atom is -0.310 e. The monoisotopic (exact) mass is 288 g/mol. The zero-order valence-corrected chi connectivity index (χ0v) is 12.1. The van der Waals surface area contributed by atoms with Crippen molar-refractivity contribution in [2.45, 2.75) is 38.3 Å². The Bertz CT molecular complexity index is 534. The van der Waals surface area contributed by atoms with Gasteiger partial charge in [0.2, 0.25) is 0 Å². The number of aromatic nitrogens is 3. The topological polar surface area (TPSA) is 42.7 Å². The molecule has 0 unspecified atom stereocenters. The first-order chi connectivity index (χ1) is 10.3. The summed E-state index contributed by atoms with van der Waals surface area (Å²) in [6, 6.07) is 7.26. The van der Waals surface area contributed by atoms with Crippen LogP contribution in [0.1, 0.15) is 37.3 Å². The number of nitrogens with one attached hydrogen (secondary N) is 1. The molecule has 1 aromatic carbocycles. The number of hydrogen-bond donors (Lipinski definition) is 1. The van der Waals surface area contributed by atoms with Crippen molar-refractivity contribution in [2.24, 2.45) is 5.92 Å². The van der Waals surface area contributed by atoms with E-state index in [1.807, 2.05) is 16.8 Å². The van der Waals surface area contributed by atoms with Gasteiger partial charge in [-0.3, -0.25) is 4.68 Å². The van der Waals surface area contributed by atoms with Gasteiger partial charge in [-0.2, -0.15) is 5.10 Å². The average molecular weight is 288 g/mol. The van der Waals surface area contributed by atoms with Crippen LogP contribution in [-0.2, 0) is 6.54 Å². The molecule has 0 saturated heterocycles. The lowest BCUT2D eigenvalue weighted by Crippen LogP contribution is -2.33. The predicted molar refractivity (Wildman–Crippen MR) is 79.1 cm³/mol. The quantitative estimate of drug-likeness (QED) is 0.797. The Balaban J connectivity index is 1.54. The molecule has 0 radical (unpaired) electrons. The van der Waals surface area contributed by atoms with E-state index < -0.39 is 0 Å². The molecule has 2 aromatic rings. The minimum absolute atomic E-state index is 0.169. The van der Waals surface area contributed by atoms with Gasteiger partial charge >= 0.3 is 0 Å². The lowest BCUT2D eigenvalue weighted by atomic mass is 9.77. The zero-order valence-electron chi connectivity index (χ0n) is 12.1. The highest BCUT2D eigenvalue weighted by Crippen LogP contribution is 2.37. The molecule has 1 aromatic heterocycles. The van der Waals surface area contributed by atoms with Crippen LogP contribution < -0.4 is 5.32 Å². The van der Waals surface area contributed by atoms with Crippen LogP contribution in [0.25, 0.3) is 0 Å². The Morgan fingerprint density at radius 1 is 1.29 bits per heavy atom. The van der Waals surface area contributed by atoms with Gasteiger partial charge in [0.25, 0.3) is 0 Å². The van der Waals surface area contributed by atoms with E-state index in [2.05, 4.69) is 15.4 Å². The Morgan fingerprint density at radius 2 is 2.10 bits per heavy atom. The van der Waals surface area contributed by atoms with Crippen LogP contribution in [-0.4, -0.2) is 21.3 Å². The fourth-order valence-electron chi connectivity index (χ4n) is 2.85. The summed E-state index contributed by atoms with van der Waals surface area (Å²) in [7, 11) is 0. The second-order valence-corrected chi connectivity index (χ2v) is 5.69. The van der Waals surface area contributed by atoms with Gasteiger partial charge in [0.15, 0.2) is 0 Å². The average Bonchev–Trinajstić information content (AvgIpc) is 2.94. The van der Waals surface area contributed by atoms with Gasteiger partial charge in [0, 0.05) is 12.6 Å². The molecule has 1 fully saturated rings. The minimum atomic E-state index is -0.169. The molecule has 0 aliphatic heterocycles. The number of benzene rings is 1. The van der Waals surface area contributed by atoms with Gasteiger partial charge < -0.3 is 5.32 Å². The van der Waals surface area contributed by atoms with E-state index in [9.17, 15) is 4.39 Å². The summed E-state index contributed by atoms with van der Waals surface area (Å²) in [5.74, 6) is 0.513. The molecule has 1 heterocycles. The molecule has 21 heavy (non-hydrogen) atoms. The third-order valence-electron chi connectivity index (χ3n) is 4.25. The number of halogens is 1. The lowest BCUT2D eigenvalue weighted by molar-refractivity contribution is 0.229. The summed E-state index contributed by atoms with van der Waals surface area (Å²) in [5, 5.41) is 7.74. The van der Waals surface area contributed by atoms with Crippen molar-refractivity contribution in [3.8, 4) is 0 Å². The van der Waals surface area contributed by atoms with Crippen molar-refractivity contribution in [1.82, 2.24) is 20.1 Å². The van der Waals surface area contributed by atoms with Crippen LogP contribution in [0.3, 0.4) is 0 Å². The third kappa shape index (κ3) is 3.67. The van der Waals surface area contributed by atoms with Crippen LogP contribution >= 0.6 is 0 Å². The first-order valence-corrected chi connectivity index (χ1v) is 7.64. The van der Waals surface area contributed by atoms with E-state index in [-0.39, 0.29) is 5.82 Å². The molecule has 5 heteroatoms. The standard InChI is InChI=1S/C16H21FN4/c17-15-7-5-14(6-8-15)16(13-3-1-4-13)19-9-2-10-21-12-18-11-20-21/h5-8,11-13,16,19H,1-4,9-10H2/t16-/m0/s1. The number of aryl methyl sites for hydroxylation is 1. The van der Waals surface area contributed by atoms with Gasteiger partial charge in [0.1, 0.15) is 18.5 Å². The summed E-state index contributed by atoms with van der Waals surface area (Å²) in [6.45, 7) is 1.80. The normalized spacial score (nSPS) is 16.6. The maximum Gasteiger partial charge on any atom is 0.137 e. The Hall–Kier alpha value is -1.75. The Labute approximate surface area is 124 Å². The second-order valence-electron chi connectivity index (χ2n) is 5.69. The second kappa shape index (κ2) is 6.80. The van der Waals surface area contributed by atoms with Crippen molar-refractivity contribution in [2.75, 3.05) is 6.54 Å². The molecule has 1 atom stereocenters. The van der Waals surface area contributed by atoms with Crippen LogP contribution in [0.5, 0.6) is 0 Å². The molecule has 4 nitrogen and oxygen atoms in total. The number of hydrogen-bond acceptors (Lipinski definition) is 3. The first-order valence-electron chi connectivity index (χ1n) is 7.64. The fourth-order valence-corrected chi connectivity index (χ4v) is 2.85. The molecule has 112 valence electrons. The Kier molecular flexibility index (Phi) is 4.60. The summed E-state index contributed by atoms with van der Waals surface area (Å²) in [5.41, 5.74) is 1.20. The summed E-state index contributed by atoms with van der Waals surface area (Å²) in [6.07, 6.45) is 8.14. The summed E-state index contributed by atoms with van der Waals surface area (Å²) < 4.78 is 14.9. The van der Waals surface area contributed by atoms with Gasteiger partial charge in [-0.1, -0.05) is 18.6 Å². The Morgan fingerprint density at radius 3 is 2.71 bits per heavy atom. The predicted octanol–water partition coefficient (Wildman–Crippen LogP) is 2.94. The van der Waals surface area contributed by atoms with Crippen LogP contribution in [0.4, 0.5) is 4.39 Å². The molecule has 0 spiro atoms. The largest absolute Gasteiger partial charge is 0.310 e. The number of nitrogens with zero attached hydrogens (tertiary/aromatic N) is 3. The van der Waals surface area contributed by atoms with E-state index >= 15 is 0 Å². The number of rotatable bonds is 7. The van der Waals surface area contributed by atoms with Crippen LogP contribution in [0.2, 0.25) is 0 Å². The van der Waals surface area contributed by atoms with Gasteiger partial charge in [-0.05, 0) is 49.4 Å². The van der Waals surface area contributed by atoms with Gasteiger partial charge in [-0.25, -0.2) is 9.37 Å². The van der Waals surface area contributed by atoms with Crippen LogP contribution in [0.15, 0.2) is 36.9 Å². The van der Waals surface area contributed by atoms with Crippen LogP contribution in [0, 0.1) is 11.7 Å². The molecule has 1 saturated carbocycles. The van der Waals surface area contributed by atoms with Crippen molar-refractivity contribution >= 4 is 0 Å². The highest BCUT2D eigenvalue weighted by atomic mass is 19.1. The lowest BCUT2D eigenvalue weighted by Gasteiger charge is -2.35. The van der Waals surface area contributed by atoms with E-state index in [0.29, 0.717) is 12.0 Å². The van der Waals surface area contributed by atoms with Crippen molar-refractivity contribution < 1.29 is 4.39 Å². The molecule has 0 amide bonds. The van der Waals surface area contributed by atoms with Gasteiger partial charge in [0.05, 0.1) is 0 Å². The third-order valence-corrected chi connectivity index (χ3v) is 4.25. The highest BCUT2D eigenvalue weighted by molar-refractivity contribution is 5.21. The van der Waals surface area contributed by atoms with E-state index in [4.69, 9.17) is 0 Å². The SMILES string of the molecule is Fc1ccc([C@@H](NCCCn2cncn2)C2CCC2)cc1. The fraction of sp³-hybridized carbons (Fsp3) is 0.500. The van der Waals surface area contributed by atoms with Crippen molar-refractivity contribution in [3.63, 3.8) is 0 Å². The maximum atomic E-state index is 13.1. The van der Waals surface area contributed by atoms with Crippen molar-refractivity contribution in [1.29, 1.82) is 0 Å². The van der Waals surface area contributed by atoms with E-state index in [1.54, 1.807) is 24.8 Å². The molecule has 3 rings (SSSR count). The van der Waals surface area contributed by atoms with E-state index in [1.165, 1.54) is 24.8 Å². The molecule has 1 N–H and O–H groups in total. The molecular weight excluding hydrogens is 267 g/mol. The van der Waals surface area contributed by atoms with Gasteiger partial charge in [-0.15, -0.1) is 0 Å². The summed E-state index contributed by atoms with van der Waals surface area (Å²) >= 11 is 0. The highest BCUT2D eigenvalue weighted by Gasteiger charge is 2.27. The smallest absolute Gasteiger partial charge is 0.137 e. The molecule has 0 bridgehead atoms. The molecule has 1 aliphatic carbocycles.